The van der Waals surface area contributed by atoms with Gasteiger partial charge in [0.15, 0.2) is 11.0 Å². The number of rotatable bonds is 10. The highest BCUT2D eigenvalue weighted by atomic mass is 35.5. The van der Waals surface area contributed by atoms with E-state index in [-0.39, 0.29) is 11.6 Å². The van der Waals surface area contributed by atoms with Gasteiger partial charge < -0.3 is 5.32 Å². The van der Waals surface area contributed by atoms with Crippen LogP contribution in [0.5, 0.6) is 0 Å². The van der Waals surface area contributed by atoms with E-state index in [0.717, 1.165) is 16.7 Å². The first-order chi connectivity index (χ1) is 19.9. The van der Waals surface area contributed by atoms with E-state index in [4.69, 9.17) is 11.6 Å². The molecule has 0 aliphatic heterocycles. The van der Waals surface area contributed by atoms with Crippen LogP contribution in [0.15, 0.2) is 108 Å². The second-order valence-electron chi connectivity index (χ2n) is 9.45. The van der Waals surface area contributed by atoms with Crippen molar-refractivity contribution in [2.45, 2.75) is 30.3 Å². The average molecular weight is 584 g/mol. The molecule has 1 amide bonds. The second kappa shape index (κ2) is 12.8. The summed E-state index contributed by atoms with van der Waals surface area (Å²) in [6.07, 6.45) is 0.445. The number of benzene rings is 4. The Kier molecular flexibility index (Phi) is 8.76. The topological polar surface area (TPSA) is 103 Å². The summed E-state index contributed by atoms with van der Waals surface area (Å²) in [4.78, 5) is 24.3. The third-order valence-electron chi connectivity index (χ3n) is 6.41. The van der Waals surface area contributed by atoms with Gasteiger partial charge in [-0.3, -0.25) is 19.5 Å². The number of halogens is 1. The third kappa shape index (κ3) is 7.00. The summed E-state index contributed by atoms with van der Waals surface area (Å²) in [5.74, 6) is 0.843. The van der Waals surface area contributed by atoms with Crippen LogP contribution < -0.4 is 5.32 Å². The van der Waals surface area contributed by atoms with Crippen molar-refractivity contribution in [1.82, 2.24) is 20.1 Å². The van der Waals surface area contributed by atoms with Crippen LogP contribution in [-0.4, -0.2) is 25.6 Å². The molecule has 1 N–H and O–H groups in total. The number of aryl methyl sites for hydroxylation is 1. The quantitative estimate of drug-likeness (QED) is 0.106. The number of hydrogen-bond acceptors (Lipinski definition) is 6. The van der Waals surface area contributed by atoms with Gasteiger partial charge in [-0.15, -0.1) is 10.2 Å². The minimum absolute atomic E-state index is 0.0209. The Bertz CT molecular complexity index is 1680. The lowest BCUT2D eigenvalue weighted by molar-refractivity contribution is -0.384. The first-order valence-corrected chi connectivity index (χ1v) is 14.2. The Morgan fingerprint density at radius 3 is 2.39 bits per heavy atom. The molecule has 10 heteroatoms. The molecule has 0 spiro atoms. The molecule has 0 aliphatic carbocycles. The largest absolute Gasteiger partial charge is 0.342 e. The number of aromatic nitrogens is 3. The fourth-order valence-electron chi connectivity index (χ4n) is 4.44. The number of nitro groups is 1. The summed E-state index contributed by atoms with van der Waals surface area (Å²) in [6.45, 7) is 2.04. The summed E-state index contributed by atoms with van der Waals surface area (Å²) in [5, 5.41) is 24.6. The average Bonchev–Trinajstić information content (AvgIpc) is 3.40. The maximum absolute atomic E-state index is 13.4. The molecule has 8 nitrogen and oxygen atoms in total. The molecule has 1 unspecified atom stereocenters. The van der Waals surface area contributed by atoms with E-state index in [0.29, 0.717) is 39.4 Å². The molecule has 41 heavy (non-hydrogen) atoms. The van der Waals surface area contributed by atoms with E-state index >= 15 is 0 Å². The lowest BCUT2D eigenvalue weighted by Crippen LogP contribution is -2.32. The van der Waals surface area contributed by atoms with Crippen LogP contribution >= 0.6 is 23.4 Å². The Morgan fingerprint density at radius 2 is 1.68 bits per heavy atom. The van der Waals surface area contributed by atoms with Gasteiger partial charge in [-0.25, -0.2) is 0 Å². The van der Waals surface area contributed by atoms with Crippen molar-refractivity contribution in [3.63, 3.8) is 0 Å². The van der Waals surface area contributed by atoms with Crippen LogP contribution in [0.1, 0.15) is 38.9 Å². The Balaban J connectivity index is 1.56. The zero-order chi connectivity index (χ0) is 28.8. The molecule has 1 atom stereocenters. The molecule has 0 fully saturated rings. The summed E-state index contributed by atoms with van der Waals surface area (Å²) >= 11 is 7.65. The van der Waals surface area contributed by atoms with Gasteiger partial charge in [-0.05, 0) is 54.8 Å². The highest BCUT2D eigenvalue weighted by Crippen LogP contribution is 2.30. The van der Waals surface area contributed by atoms with Crippen LogP contribution in [-0.2, 0) is 12.2 Å². The molecule has 0 radical (unpaired) electrons. The van der Waals surface area contributed by atoms with E-state index in [2.05, 4.69) is 27.6 Å². The van der Waals surface area contributed by atoms with Crippen LogP contribution in [0, 0.1) is 17.0 Å². The molecule has 1 heterocycles. The highest BCUT2D eigenvalue weighted by Gasteiger charge is 2.26. The van der Waals surface area contributed by atoms with E-state index in [1.165, 1.54) is 23.9 Å². The monoisotopic (exact) mass is 583 g/mol. The standard InChI is InChI=1S/C31H26ClN5O3S/c1-21-7-5-10-23(17-21)20-41-31-35-34-29(36(31)26-13-15-27(16-14-26)37(39)40)28(18-22-8-3-2-4-9-22)33-30(38)24-11-6-12-25(32)19-24/h2-17,19,28H,18,20H2,1H3,(H,33,38). The van der Waals surface area contributed by atoms with Crippen LogP contribution in [0.3, 0.4) is 0 Å². The number of nitrogens with zero attached hydrogens (tertiary/aromatic N) is 4. The van der Waals surface area contributed by atoms with Gasteiger partial charge in [-0.2, -0.15) is 0 Å². The SMILES string of the molecule is Cc1cccc(CSc2nnc(C(Cc3ccccc3)NC(=O)c3cccc(Cl)c3)n2-c2ccc([N+](=O)[O-])cc2)c1. The first kappa shape index (κ1) is 28.1. The third-order valence-corrected chi connectivity index (χ3v) is 7.65. The summed E-state index contributed by atoms with van der Waals surface area (Å²) in [7, 11) is 0. The number of amides is 1. The number of carbonyl (C=O) groups is 1. The van der Waals surface area contributed by atoms with E-state index in [9.17, 15) is 14.9 Å². The number of thioether (sulfide) groups is 1. The Hall–Kier alpha value is -4.47. The first-order valence-electron chi connectivity index (χ1n) is 12.9. The molecule has 0 saturated heterocycles. The van der Waals surface area contributed by atoms with Gasteiger partial charge in [0.25, 0.3) is 11.6 Å². The molecule has 1 aromatic heterocycles. The maximum Gasteiger partial charge on any atom is 0.269 e. The van der Waals surface area contributed by atoms with E-state index in [1.54, 1.807) is 36.4 Å². The van der Waals surface area contributed by atoms with Crippen molar-refractivity contribution in [3.05, 3.63) is 146 Å². The van der Waals surface area contributed by atoms with Crippen LogP contribution in [0.25, 0.3) is 5.69 Å². The summed E-state index contributed by atoms with van der Waals surface area (Å²) < 4.78 is 1.86. The minimum atomic E-state index is -0.570. The zero-order valence-corrected chi connectivity index (χ0v) is 23.7. The molecular formula is C31H26ClN5O3S. The van der Waals surface area contributed by atoms with Crippen molar-refractivity contribution < 1.29 is 9.72 Å². The second-order valence-corrected chi connectivity index (χ2v) is 10.8. The smallest absolute Gasteiger partial charge is 0.269 e. The van der Waals surface area contributed by atoms with Crippen molar-refractivity contribution in [3.8, 4) is 5.69 Å². The van der Waals surface area contributed by atoms with E-state index in [1.807, 2.05) is 54.0 Å². The van der Waals surface area contributed by atoms with E-state index < -0.39 is 11.0 Å². The molecule has 5 aromatic rings. The number of nitrogens with one attached hydrogen (secondary N) is 1. The highest BCUT2D eigenvalue weighted by molar-refractivity contribution is 7.98. The van der Waals surface area contributed by atoms with Gasteiger partial charge in [-0.1, -0.05) is 89.6 Å². The molecule has 0 saturated carbocycles. The van der Waals surface area contributed by atoms with Gasteiger partial charge >= 0.3 is 0 Å². The number of hydrogen-bond donors (Lipinski definition) is 1. The molecule has 0 bridgehead atoms. The molecule has 0 aliphatic rings. The number of non-ortho nitro benzene ring substituents is 1. The number of carbonyl (C=O) groups excluding carboxylic acids is 1. The Labute approximate surface area is 246 Å². The Morgan fingerprint density at radius 1 is 0.951 bits per heavy atom. The number of nitro benzene ring substituents is 1. The molecule has 4 aromatic carbocycles. The minimum Gasteiger partial charge on any atom is -0.342 e. The zero-order valence-electron chi connectivity index (χ0n) is 22.1. The molecule has 206 valence electrons. The van der Waals surface area contributed by atoms with Gasteiger partial charge in [0, 0.05) is 34.2 Å². The predicted octanol–water partition coefficient (Wildman–Crippen LogP) is 7.14. The van der Waals surface area contributed by atoms with Crippen LogP contribution in [0.2, 0.25) is 5.02 Å². The van der Waals surface area contributed by atoms with Crippen molar-refractivity contribution in [2.75, 3.05) is 0 Å². The fraction of sp³-hybridized carbons (Fsp3) is 0.129. The summed E-state index contributed by atoms with van der Waals surface area (Å²) in [6, 6.07) is 30.4. The predicted molar refractivity (Wildman–Crippen MR) is 161 cm³/mol. The lowest BCUT2D eigenvalue weighted by atomic mass is 10.0. The van der Waals surface area contributed by atoms with Gasteiger partial charge in [0.05, 0.1) is 11.0 Å². The normalized spacial score (nSPS) is 11.7. The van der Waals surface area contributed by atoms with Crippen LogP contribution in [0.4, 0.5) is 5.69 Å². The van der Waals surface area contributed by atoms with Gasteiger partial charge in [0.2, 0.25) is 0 Å². The molecule has 5 rings (SSSR count). The fourth-order valence-corrected chi connectivity index (χ4v) is 5.54. The maximum atomic E-state index is 13.4. The molecular weight excluding hydrogens is 558 g/mol. The summed E-state index contributed by atoms with van der Waals surface area (Å²) in [5.41, 5.74) is 4.34. The van der Waals surface area contributed by atoms with Crippen molar-refractivity contribution in [1.29, 1.82) is 0 Å². The van der Waals surface area contributed by atoms with Crippen molar-refractivity contribution in [2.24, 2.45) is 0 Å². The van der Waals surface area contributed by atoms with Crippen molar-refractivity contribution >= 4 is 35.0 Å². The lowest BCUT2D eigenvalue weighted by Gasteiger charge is -2.20. The van der Waals surface area contributed by atoms with Gasteiger partial charge in [0.1, 0.15) is 0 Å².